The average molecular weight is 243 g/mol. The van der Waals surface area contributed by atoms with E-state index in [0.717, 1.165) is 0 Å². The third-order valence-electron chi connectivity index (χ3n) is 3.01. The zero-order valence-electron chi connectivity index (χ0n) is 10.8. The molecule has 0 aliphatic rings. The van der Waals surface area contributed by atoms with Gasteiger partial charge in [-0.2, -0.15) is 0 Å². The highest BCUT2D eigenvalue weighted by Gasteiger charge is 2.33. The van der Waals surface area contributed by atoms with Gasteiger partial charge in [0.2, 0.25) is 0 Å². The monoisotopic (exact) mass is 243 g/mol. The fourth-order valence-corrected chi connectivity index (χ4v) is 4.49. The summed E-state index contributed by atoms with van der Waals surface area (Å²) < 4.78 is 0. The lowest BCUT2D eigenvalue weighted by molar-refractivity contribution is 1.12. The van der Waals surface area contributed by atoms with Crippen LogP contribution in [0.4, 0.5) is 0 Å². The molecule has 1 heteroatoms. The Kier molecular flexibility index (Phi) is 3.64. The van der Waals surface area contributed by atoms with Gasteiger partial charge in [-0.3, -0.25) is 0 Å². The lowest BCUT2D eigenvalue weighted by Crippen LogP contribution is -2.05. The van der Waals surface area contributed by atoms with Crippen LogP contribution in [0, 0.1) is 0 Å². The van der Waals surface area contributed by atoms with Crippen molar-refractivity contribution in [2.75, 3.05) is 20.0 Å². The van der Waals surface area contributed by atoms with Crippen molar-refractivity contribution in [3.05, 3.63) is 71.8 Å². The quantitative estimate of drug-likeness (QED) is 0.686. The summed E-state index contributed by atoms with van der Waals surface area (Å²) >= 11 is 0. The second-order valence-corrected chi connectivity index (χ2v) is 10.1. The van der Waals surface area contributed by atoms with Gasteiger partial charge in [0.05, 0.1) is 0 Å². The van der Waals surface area contributed by atoms with Gasteiger partial charge in [0, 0.05) is 27.3 Å². The van der Waals surface area contributed by atoms with Crippen molar-refractivity contribution in [2.24, 2.45) is 0 Å². The summed E-state index contributed by atoms with van der Waals surface area (Å²) in [5, 5.41) is 0. The van der Waals surface area contributed by atoms with Gasteiger partial charge in [-0.1, -0.05) is 60.7 Å². The predicted molar refractivity (Wildman–Crippen MR) is 79.4 cm³/mol. The molecule has 0 N–H and O–H groups in total. The van der Waals surface area contributed by atoms with Crippen LogP contribution in [0.5, 0.6) is 0 Å². The van der Waals surface area contributed by atoms with Crippen LogP contribution in [-0.4, -0.2) is 20.0 Å². The molecule has 0 atom stereocenters. The van der Waals surface area contributed by atoms with E-state index < -0.39 is 7.26 Å². The van der Waals surface area contributed by atoms with E-state index in [0.29, 0.717) is 5.66 Å². The minimum absolute atomic E-state index is 0.560. The molecule has 0 bridgehead atoms. The predicted octanol–water partition coefficient (Wildman–Crippen LogP) is 4.68. The van der Waals surface area contributed by atoms with Crippen molar-refractivity contribution < 1.29 is 0 Å². The summed E-state index contributed by atoms with van der Waals surface area (Å²) in [5.74, 6) is 0. The molecule has 0 aromatic heterocycles. The molecule has 0 saturated carbocycles. The van der Waals surface area contributed by atoms with E-state index in [1.54, 1.807) is 0 Å². The van der Waals surface area contributed by atoms with E-state index in [-0.39, 0.29) is 0 Å². The van der Waals surface area contributed by atoms with E-state index >= 15 is 0 Å². The highest BCUT2D eigenvalue weighted by atomic mass is 31.2. The van der Waals surface area contributed by atoms with Crippen LogP contribution in [-0.2, 0) is 0 Å². The van der Waals surface area contributed by atoms with Gasteiger partial charge in [-0.25, -0.2) is 0 Å². The summed E-state index contributed by atoms with van der Waals surface area (Å²) in [5.41, 5.74) is 3.45. The molecule has 0 aliphatic heterocycles. The van der Waals surface area contributed by atoms with E-state index in [4.69, 9.17) is 0 Å². The minimum Gasteiger partial charge on any atom is -0.0622 e. The first-order valence-corrected chi connectivity index (χ1v) is 9.20. The first-order valence-electron chi connectivity index (χ1n) is 6.00. The zero-order valence-corrected chi connectivity index (χ0v) is 11.7. The average Bonchev–Trinajstić information content (AvgIpc) is 2.30. The van der Waals surface area contributed by atoms with E-state index in [1.165, 1.54) is 11.1 Å². The second kappa shape index (κ2) is 5.02. The fraction of sp³-hybridized carbons (Fsp3) is 0.250. The molecule has 0 radical (unpaired) electrons. The molecule has 0 saturated heterocycles. The number of benzene rings is 2. The summed E-state index contributed by atoms with van der Waals surface area (Å²) in [7, 11) is -0.970. The molecule has 0 amide bonds. The SMILES string of the molecule is C[P+](C)(C)C(c1ccccc1)c1ccccc1. The van der Waals surface area contributed by atoms with Crippen molar-refractivity contribution in [3.63, 3.8) is 0 Å². The van der Waals surface area contributed by atoms with Crippen LogP contribution >= 0.6 is 7.26 Å². The summed E-state index contributed by atoms with van der Waals surface area (Å²) in [6.45, 7) is 7.24. The Morgan fingerprint density at radius 1 is 0.647 bits per heavy atom. The Bertz CT molecular complexity index is 414. The Labute approximate surface area is 105 Å². The Balaban J connectivity index is 2.48. The molecule has 0 unspecified atom stereocenters. The van der Waals surface area contributed by atoms with Gasteiger partial charge in [0.25, 0.3) is 0 Å². The number of rotatable bonds is 3. The highest BCUT2D eigenvalue weighted by Crippen LogP contribution is 2.63. The normalized spacial score (nSPS) is 11.8. The zero-order chi connectivity index (χ0) is 12.3. The maximum absolute atomic E-state index is 2.41. The molecule has 2 aromatic rings. The molecule has 88 valence electrons. The van der Waals surface area contributed by atoms with Crippen molar-refractivity contribution in [3.8, 4) is 0 Å². The van der Waals surface area contributed by atoms with Gasteiger partial charge in [0.15, 0.2) is 0 Å². The maximum atomic E-state index is 2.41. The van der Waals surface area contributed by atoms with Crippen molar-refractivity contribution in [2.45, 2.75) is 5.66 Å². The molecule has 2 rings (SSSR count). The molecule has 0 heterocycles. The van der Waals surface area contributed by atoms with Crippen LogP contribution in [0.1, 0.15) is 16.8 Å². The van der Waals surface area contributed by atoms with Gasteiger partial charge < -0.3 is 0 Å². The largest absolute Gasteiger partial charge is 0.118 e. The summed E-state index contributed by atoms with van der Waals surface area (Å²) in [4.78, 5) is 0. The lowest BCUT2D eigenvalue weighted by Gasteiger charge is -2.25. The third kappa shape index (κ3) is 2.96. The molecular formula is C16H20P+. The van der Waals surface area contributed by atoms with Crippen LogP contribution in [0.15, 0.2) is 60.7 Å². The Morgan fingerprint density at radius 2 is 1.00 bits per heavy atom. The highest BCUT2D eigenvalue weighted by molar-refractivity contribution is 7.74. The summed E-state index contributed by atoms with van der Waals surface area (Å²) in [6, 6.07) is 21.8. The second-order valence-electron chi connectivity index (χ2n) is 5.34. The van der Waals surface area contributed by atoms with Gasteiger partial charge in [-0.05, 0) is 11.1 Å². The molecule has 0 aliphatic carbocycles. The van der Waals surface area contributed by atoms with Crippen LogP contribution < -0.4 is 0 Å². The molecular weight excluding hydrogens is 223 g/mol. The molecule has 2 aromatic carbocycles. The number of hydrogen-bond donors (Lipinski definition) is 0. The van der Waals surface area contributed by atoms with E-state index in [9.17, 15) is 0 Å². The first kappa shape index (κ1) is 12.3. The van der Waals surface area contributed by atoms with Crippen LogP contribution in [0.2, 0.25) is 0 Å². The molecule has 0 spiro atoms. The van der Waals surface area contributed by atoms with Gasteiger partial charge in [0.1, 0.15) is 5.66 Å². The smallest absolute Gasteiger partial charge is 0.0622 e. The molecule has 17 heavy (non-hydrogen) atoms. The topological polar surface area (TPSA) is 0 Å². The number of hydrogen-bond acceptors (Lipinski definition) is 0. The van der Waals surface area contributed by atoms with Gasteiger partial charge in [-0.15, -0.1) is 0 Å². The fourth-order valence-electron chi connectivity index (χ4n) is 2.36. The Hall–Kier alpha value is -1.13. The summed E-state index contributed by atoms with van der Waals surface area (Å²) in [6.07, 6.45) is 0. The van der Waals surface area contributed by atoms with E-state index in [2.05, 4.69) is 80.7 Å². The molecule has 0 fully saturated rings. The maximum Gasteiger partial charge on any atom is 0.118 e. The third-order valence-corrected chi connectivity index (χ3v) is 5.15. The minimum atomic E-state index is -0.970. The van der Waals surface area contributed by atoms with Crippen LogP contribution in [0.25, 0.3) is 0 Å². The first-order chi connectivity index (χ1) is 8.09. The standard InChI is InChI=1S/C16H20P/c1-17(2,3)16(14-10-6-4-7-11-14)15-12-8-5-9-13-15/h4-13,16H,1-3H3/q+1. The van der Waals surface area contributed by atoms with Crippen molar-refractivity contribution in [1.82, 2.24) is 0 Å². The Morgan fingerprint density at radius 3 is 1.29 bits per heavy atom. The molecule has 0 nitrogen and oxygen atoms in total. The van der Waals surface area contributed by atoms with Crippen molar-refractivity contribution in [1.29, 1.82) is 0 Å². The van der Waals surface area contributed by atoms with Crippen LogP contribution in [0.3, 0.4) is 0 Å². The van der Waals surface area contributed by atoms with Gasteiger partial charge >= 0.3 is 0 Å². The lowest BCUT2D eigenvalue weighted by atomic mass is 10.0. The van der Waals surface area contributed by atoms with Crippen molar-refractivity contribution >= 4 is 7.26 Å². The van der Waals surface area contributed by atoms with E-state index in [1.807, 2.05) is 0 Å².